The largest absolute Gasteiger partial charge is 0.424 e. The van der Waals surface area contributed by atoms with Gasteiger partial charge >= 0.3 is 0 Å². The number of rotatable bonds is 8. The van der Waals surface area contributed by atoms with Gasteiger partial charge in [0, 0.05) is 12.0 Å². The Kier molecular flexibility index (Phi) is 6.55. The van der Waals surface area contributed by atoms with Gasteiger partial charge in [-0.2, -0.15) is 0 Å². The number of hydrogen-bond acceptors (Lipinski definition) is 4. The Labute approximate surface area is 146 Å². The molecule has 2 aromatic rings. The van der Waals surface area contributed by atoms with E-state index in [9.17, 15) is 0 Å². The Morgan fingerprint density at radius 3 is 2.12 bits per heavy atom. The van der Waals surface area contributed by atoms with Crippen LogP contribution in [0.1, 0.15) is 76.4 Å². The van der Waals surface area contributed by atoms with E-state index < -0.39 is 0 Å². The van der Waals surface area contributed by atoms with Gasteiger partial charge in [0.15, 0.2) is 0 Å². The second-order valence-electron chi connectivity index (χ2n) is 7.63. The summed E-state index contributed by atoms with van der Waals surface area (Å²) in [4.78, 5) is 0. The molecule has 1 unspecified atom stereocenters. The maximum absolute atomic E-state index is 5.69. The summed E-state index contributed by atoms with van der Waals surface area (Å²) in [5.41, 5.74) is 2.70. The molecule has 2 rings (SSSR count). The third kappa shape index (κ3) is 5.17. The van der Waals surface area contributed by atoms with Crippen LogP contribution in [-0.2, 0) is 13.0 Å². The fraction of sp³-hybridized carbons (Fsp3) is 0.600. The molecule has 4 nitrogen and oxygen atoms in total. The number of benzene rings is 1. The average Bonchev–Trinajstić information content (AvgIpc) is 2.97. The number of nitrogens with one attached hydrogen (secondary N) is 1. The van der Waals surface area contributed by atoms with Crippen molar-refractivity contribution < 1.29 is 4.42 Å². The first-order chi connectivity index (χ1) is 11.4. The maximum atomic E-state index is 5.69. The molecule has 0 aliphatic rings. The number of hydrogen-bond donors (Lipinski definition) is 1. The van der Waals surface area contributed by atoms with E-state index in [-0.39, 0.29) is 12.0 Å². The molecule has 4 heteroatoms. The minimum absolute atomic E-state index is 0.264. The smallest absolute Gasteiger partial charge is 0.230 e. The summed E-state index contributed by atoms with van der Waals surface area (Å²) < 4.78 is 5.69. The molecule has 0 saturated carbocycles. The maximum Gasteiger partial charge on any atom is 0.230 e. The Morgan fingerprint density at radius 2 is 1.62 bits per heavy atom. The van der Waals surface area contributed by atoms with Crippen LogP contribution in [0, 0.1) is 11.8 Å². The van der Waals surface area contributed by atoms with Crippen LogP contribution in [-0.4, -0.2) is 10.2 Å². The van der Waals surface area contributed by atoms with Crippen molar-refractivity contribution in [2.24, 2.45) is 11.8 Å². The lowest BCUT2D eigenvalue weighted by atomic mass is 9.94. The van der Waals surface area contributed by atoms with Crippen LogP contribution in [0.5, 0.6) is 0 Å². The van der Waals surface area contributed by atoms with Crippen LogP contribution in [0.2, 0.25) is 0 Å². The zero-order valence-corrected chi connectivity index (χ0v) is 15.8. The fourth-order valence-electron chi connectivity index (χ4n) is 2.84. The van der Waals surface area contributed by atoms with Crippen LogP contribution in [0.25, 0.3) is 0 Å². The minimum atomic E-state index is 0.264. The topological polar surface area (TPSA) is 51.0 Å². The molecule has 0 amide bonds. The highest BCUT2D eigenvalue weighted by atomic mass is 16.4. The van der Waals surface area contributed by atoms with Crippen molar-refractivity contribution in [1.82, 2.24) is 15.5 Å². The van der Waals surface area contributed by atoms with Crippen molar-refractivity contribution in [2.75, 3.05) is 0 Å². The predicted molar refractivity (Wildman–Crippen MR) is 97.8 cm³/mol. The van der Waals surface area contributed by atoms with Crippen LogP contribution >= 0.6 is 0 Å². The summed E-state index contributed by atoms with van der Waals surface area (Å²) in [5, 5.41) is 11.8. The van der Waals surface area contributed by atoms with Gasteiger partial charge in [0.2, 0.25) is 11.8 Å². The minimum Gasteiger partial charge on any atom is -0.424 e. The molecule has 0 fully saturated rings. The molecule has 1 atom stereocenters. The molecule has 0 saturated heterocycles. The molecular weight excluding hydrogens is 298 g/mol. The Bertz CT molecular complexity index is 614. The standard InChI is InChI=1S/C20H31N3O/c1-13(2)11-16-7-9-17(10-8-16)19(14(3)4)21-12-18-22-23-20(24-18)15(5)6/h7-10,13-15,19,21H,11-12H2,1-6H3. The van der Waals surface area contributed by atoms with Crippen molar-refractivity contribution in [3.05, 3.63) is 47.2 Å². The third-order valence-electron chi connectivity index (χ3n) is 4.10. The zero-order chi connectivity index (χ0) is 17.7. The van der Waals surface area contributed by atoms with Crippen molar-refractivity contribution in [3.8, 4) is 0 Å². The Balaban J connectivity index is 2.03. The highest BCUT2D eigenvalue weighted by Gasteiger charge is 2.17. The highest BCUT2D eigenvalue weighted by molar-refractivity contribution is 5.25. The van der Waals surface area contributed by atoms with Crippen molar-refractivity contribution in [3.63, 3.8) is 0 Å². The summed E-state index contributed by atoms with van der Waals surface area (Å²) in [7, 11) is 0. The molecule has 0 spiro atoms. The summed E-state index contributed by atoms with van der Waals surface area (Å²) in [6.07, 6.45) is 1.13. The summed E-state index contributed by atoms with van der Waals surface area (Å²) in [6, 6.07) is 9.24. The first-order valence-electron chi connectivity index (χ1n) is 9.01. The van der Waals surface area contributed by atoms with Crippen molar-refractivity contribution in [2.45, 2.75) is 66.5 Å². The molecule has 0 aliphatic heterocycles. The molecular formula is C20H31N3O. The van der Waals surface area contributed by atoms with Crippen molar-refractivity contribution in [1.29, 1.82) is 0 Å². The van der Waals surface area contributed by atoms with E-state index >= 15 is 0 Å². The average molecular weight is 329 g/mol. The molecule has 1 aromatic carbocycles. The summed E-state index contributed by atoms with van der Waals surface area (Å²) in [5.74, 6) is 2.78. The highest BCUT2D eigenvalue weighted by Crippen LogP contribution is 2.23. The lowest BCUT2D eigenvalue weighted by Crippen LogP contribution is -2.25. The van der Waals surface area contributed by atoms with E-state index in [0.717, 1.165) is 6.42 Å². The second kappa shape index (κ2) is 8.43. The normalized spacial score (nSPS) is 13.2. The van der Waals surface area contributed by atoms with Gasteiger partial charge in [0.25, 0.3) is 0 Å². The fourth-order valence-corrected chi connectivity index (χ4v) is 2.84. The van der Waals surface area contributed by atoms with Crippen LogP contribution in [0.15, 0.2) is 28.7 Å². The van der Waals surface area contributed by atoms with E-state index in [4.69, 9.17) is 4.42 Å². The summed E-state index contributed by atoms with van der Waals surface area (Å²) >= 11 is 0. The molecule has 0 aliphatic carbocycles. The molecule has 24 heavy (non-hydrogen) atoms. The first-order valence-corrected chi connectivity index (χ1v) is 9.01. The Hall–Kier alpha value is -1.68. The van der Waals surface area contributed by atoms with Gasteiger partial charge in [-0.3, -0.25) is 0 Å². The molecule has 0 radical (unpaired) electrons. The van der Waals surface area contributed by atoms with Gasteiger partial charge in [-0.15, -0.1) is 10.2 Å². The quantitative estimate of drug-likeness (QED) is 0.750. The number of nitrogens with zero attached hydrogens (tertiary/aromatic N) is 2. The van der Waals surface area contributed by atoms with E-state index in [1.807, 2.05) is 0 Å². The van der Waals surface area contributed by atoms with Gasteiger partial charge in [0.1, 0.15) is 0 Å². The predicted octanol–water partition coefficient (Wildman–Crippen LogP) is 4.88. The summed E-state index contributed by atoms with van der Waals surface area (Å²) in [6.45, 7) is 13.7. The van der Waals surface area contributed by atoms with Gasteiger partial charge in [-0.05, 0) is 29.4 Å². The van der Waals surface area contributed by atoms with Gasteiger partial charge in [0.05, 0.1) is 6.54 Å². The lowest BCUT2D eigenvalue weighted by Gasteiger charge is -2.22. The lowest BCUT2D eigenvalue weighted by molar-refractivity contribution is 0.365. The first kappa shape index (κ1) is 18.7. The van der Waals surface area contributed by atoms with Crippen LogP contribution in [0.4, 0.5) is 0 Å². The van der Waals surface area contributed by atoms with Gasteiger partial charge in [-0.25, -0.2) is 0 Å². The van der Waals surface area contributed by atoms with Crippen LogP contribution in [0.3, 0.4) is 0 Å². The molecule has 1 N–H and O–H groups in total. The van der Waals surface area contributed by atoms with Gasteiger partial charge in [-0.1, -0.05) is 65.8 Å². The zero-order valence-electron chi connectivity index (χ0n) is 15.8. The van der Waals surface area contributed by atoms with Gasteiger partial charge < -0.3 is 9.73 Å². The molecule has 132 valence electrons. The van der Waals surface area contributed by atoms with E-state index in [2.05, 4.69) is 81.3 Å². The SMILES string of the molecule is CC(C)Cc1ccc(C(NCc2nnc(C(C)C)o2)C(C)C)cc1. The third-order valence-corrected chi connectivity index (χ3v) is 4.10. The second-order valence-corrected chi connectivity index (χ2v) is 7.63. The van der Waals surface area contributed by atoms with Crippen molar-refractivity contribution >= 4 is 0 Å². The van der Waals surface area contributed by atoms with E-state index in [1.165, 1.54) is 11.1 Å². The van der Waals surface area contributed by atoms with Crippen LogP contribution < -0.4 is 5.32 Å². The molecule has 1 heterocycles. The molecule has 1 aromatic heterocycles. The van der Waals surface area contributed by atoms with E-state index in [0.29, 0.717) is 30.2 Å². The Morgan fingerprint density at radius 1 is 0.958 bits per heavy atom. The van der Waals surface area contributed by atoms with E-state index in [1.54, 1.807) is 0 Å². The monoisotopic (exact) mass is 329 g/mol. The number of aromatic nitrogens is 2. The molecule has 0 bridgehead atoms.